The molecule has 0 saturated heterocycles. The molecule has 1 unspecified atom stereocenters. The predicted octanol–water partition coefficient (Wildman–Crippen LogP) is -0.0634. The van der Waals surface area contributed by atoms with Gasteiger partial charge in [-0.2, -0.15) is 5.26 Å². The Morgan fingerprint density at radius 3 is 2.00 bits per heavy atom. The molecule has 0 aromatic rings. The molecule has 0 N–H and O–H groups in total. The highest BCUT2D eigenvalue weighted by Gasteiger charge is 2.20. The smallest absolute Gasteiger partial charge is 0.319 e. The van der Waals surface area contributed by atoms with Gasteiger partial charge in [0.05, 0.1) is 39.8 Å². The largest absolute Gasteiger partial charge is 0.468 e. The van der Waals surface area contributed by atoms with Crippen molar-refractivity contribution in [1.82, 2.24) is 4.90 Å². The van der Waals surface area contributed by atoms with Crippen molar-refractivity contribution in [3.05, 3.63) is 0 Å². The van der Waals surface area contributed by atoms with E-state index >= 15 is 0 Å². The molecule has 0 saturated carbocycles. The van der Waals surface area contributed by atoms with Crippen LogP contribution in [0.4, 0.5) is 0 Å². The highest BCUT2D eigenvalue weighted by atomic mass is 16.5. The van der Waals surface area contributed by atoms with Crippen molar-refractivity contribution in [3.63, 3.8) is 0 Å². The summed E-state index contributed by atoms with van der Waals surface area (Å²) >= 11 is 0. The van der Waals surface area contributed by atoms with Crippen molar-refractivity contribution >= 4 is 11.9 Å². The molecule has 0 bridgehead atoms. The van der Waals surface area contributed by atoms with Gasteiger partial charge in [0.2, 0.25) is 0 Å². The summed E-state index contributed by atoms with van der Waals surface area (Å²) in [5, 5.41) is 8.56. The Labute approximate surface area is 94.7 Å². The zero-order chi connectivity index (χ0) is 12.6. The molecule has 0 amide bonds. The van der Waals surface area contributed by atoms with E-state index in [4.69, 9.17) is 5.26 Å². The second-order valence-electron chi connectivity index (χ2n) is 3.27. The van der Waals surface area contributed by atoms with E-state index in [1.807, 2.05) is 6.07 Å². The summed E-state index contributed by atoms with van der Waals surface area (Å²) in [6.45, 7) is 1.69. The number of nitrogens with zero attached hydrogens (tertiary/aromatic N) is 2. The minimum Gasteiger partial charge on any atom is -0.468 e. The lowest BCUT2D eigenvalue weighted by Crippen LogP contribution is -2.41. The minimum absolute atomic E-state index is 0.0333. The van der Waals surface area contributed by atoms with Crippen molar-refractivity contribution in [2.45, 2.75) is 19.4 Å². The minimum atomic E-state index is -0.450. The molecule has 1 atom stereocenters. The van der Waals surface area contributed by atoms with E-state index < -0.39 is 11.9 Å². The number of nitriles is 1. The van der Waals surface area contributed by atoms with Crippen LogP contribution in [-0.4, -0.2) is 50.2 Å². The highest BCUT2D eigenvalue weighted by Crippen LogP contribution is 2.03. The average Bonchev–Trinajstić information content (AvgIpc) is 2.27. The first kappa shape index (κ1) is 14.4. The van der Waals surface area contributed by atoms with Crippen LogP contribution in [0, 0.1) is 11.3 Å². The van der Waals surface area contributed by atoms with E-state index in [1.165, 1.54) is 14.2 Å². The third-order valence-electron chi connectivity index (χ3n) is 2.13. The van der Waals surface area contributed by atoms with Crippen LogP contribution in [0.1, 0.15) is 13.3 Å². The van der Waals surface area contributed by atoms with Gasteiger partial charge in [-0.15, -0.1) is 0 Å². The van der Waals surface area contributed by atoms with Gasteiger partial charge >= 0.3 is 11.9 Å². The first-order chi connectivity index (χ1) is 7.54. The molecule has 0 rings (SSSR count). The van der Waals surface area contributed by atoms with Gasteiger partial charge in [0.15, 0.2) is 0 Å². The second kappa shape index (κ2) is 7.65. The van der Waals surface area contributed by atoms with E-state index in [-0.39, 0.29) is 25.6 Å². The summed E-state index contributed by atoms with van der Waals surface area (Å²) in [6.07, 6.45) is 0.230. The van der Waals surface area contributed by atoms with Crippen LogP contribution in [0.2, 0.25) is 0 Å². The fourth-order valence-electron chi connectivity index (χ4n) is 1.09. The molecule has 0 aromatic carbocycles. The number of hydrogen-bond donors (Lipinski definition) is 0. The molecule has 0 aromatic heterocycles. The standard InChI is InChI=1S/C10H16N2O4/c1-8(4-5-11)12(6-9(13)15-2)7-10(14)16-3/h8H,4,6-7H2,1-3H3. The molecule has 0 fully saturated rings. The zero-order valence-corrected chi connectivity index (χ0v) is 9.73. The lowest BCUT2D eigenvalue weighted by molar-refractivity contribution is -0.146. The summed E-state index contributed by atoms with van der Waals surface area (Å²) in [5.74, 6) is -0.901. The Morgan fingerprint density at radius 1 is 1.25 bits per heavy atom. The van der Waals surface area contributed by atoms with Gasteiger partial charge in [-0.05, 0) is 6.92 Å². The van der Waals surface area contributed by atoms with Gasteiger partial charge in [0, 0.05) is 6.04 Å². The Hall–Kier alpha value is -1.61. The number of carbonyl (C=O) groups is 2. The number of carbonyl (C=O) groups excluding carboxylic acids is 2. The maximum absolute atomic E-state index is 11.1. The van der Waals surface area contributed by atoms with Crippen LogP contribution >= 0.6 is 0 Å². The normalized spacial score (nSPS) is 11.7. The van der Waals surface area contributed by atoms with Crippen LogP contribution in [0.25, 0.3) is 0 Å². The molecular formula is C10H16N2O4. The highest BCUT2D eigenvalue weighted by molar-refractivity contribution is 5.74. The van der Waals surface area contributed by atoms with Crippen molar-refractivity contribution in [2.24, 2.45) is 0 Å². The van der Waals surface area contributed by atoms with Crippen LogP contribution in [0.3, 0.4) is 0 Å². The van der Waals surface area contributed by atoms with Gasteiger partial charge in [-0.25, -0.2) is 0 Å². The lowest BCUT2D eigenvalue weighted by Gasteiger charge is -2.24. The van der Waals surface area contributed by atoms with Crippen molar-refractivity contribution in [1.29, 1.82) is 5.26 Å². The zero-order valence-electron chi connectivity index (χ0n) is 9.73. The maximum atomic E-state index is 11.1. The number of rotatable bonds is 6. The van der Waals surface area contributed by atoms with Gasteiger partial charge < -0.3 is 9.47 Å². The van der Waals surface area contributed by atoms with E-state index in [1.54, 1.807) is 11.8 Å². The van der Waals surface area contributed by atoms with Crippen LogP contribution in [-0.2, 0) is 19.1 Å². The number of esters is 2. The lowest BCUT2D eigenvalue weighted by atomic mass is 10.2. The van der Waals surface area contributed by atoms with Gasteiger partial charge in [-0.1, -0.05) is 0 Å². The molecule has 0 spiro atoms. The van der Waals surface area contributed by atoms with E-state index in [2.05, 4.69) is 9.47 Å². The number of hydrogen-bond acceptors (Lipinski definition) is 6. The van der Waals surface area contributed by atoms with E-state index in [0.29, 0.717) is 0 Å². The number of methoxy groups -OCH3 is 2. The third kappa shape index (κ3) is 5.32. The fourth-order valence-corrected chi connectivity index (χ4v) is 1.09. The predicted molar refractivity (Wildman–Crippen MR) is 55.3 cm³/mol. The summed E-state index contributed by atoms with van der Waals surface area (Å²) in [7, 11) is 2.54. The molecule has 6 heteroatoms. The van der Waals surface area contributed by atoms with Gasteiger partial charge in [0.25, 0.3) is 0 Å². The van der Waals surface area contributed by atoms with Crippen molar-refractivity contribution in [2.75, 3.05) is 27.3 Å². The summed E-state index contributed by atoms with van der Waals surface area (Å²) < 4.78 is 9.02. The molecule has 0 radical (unpaired) electrons. The van der Waals surface area contributed by atoms with Crippen molar-refractivity contribution < 1.29 is 19.1 Å². The van der Waals surface area contributed by atoms with Crippen molar-refractivity contribution in [3.8, 4) is 6.07 Å². The summed E-state index contributed by atoms with van der Waals surface area (Å²) in [5.41, 5.74) is 0. The van der Waals surface area contributed by atoms with Gasteiger partial charge in [-0.3, -0.25) is 14.5 Å². The molecule has 16 heavy (non-hydrogen) atoms. The quantitative estimate of drug-likeness (QED) is 0.592. The molecule has 0 aliphatic heterocycles. The van der Waals surface area contributed by atoms with E-state index in [0.717, 1.165) is 0 Å². The second-order valence-corrected chi connectivity index (χ2v) is 3.27. The number of ether oxygens (including phenoxy) is 2. The van der Waals surface area contributed by atoms with Crippen LogP contribution < -0.4 is 0 Å². The third-order valence-corrected chi connectivity index (χ3v) is 2.13. The first-order valence-electron chi connectivity index (χ1n) is 4.79. The van der Waals surface area contributed by atoms with E-state index in [9.17, 15) is 9.59 Å². The first-order valence-corrected chi connectivity index (χ1v) is 4.79. The summed E-state index contributed by atoms with van der Waals surface area (Å²) in [4.78, 5) is 23.7. The summed E-state index contributed by atoms with van der Waals surface area (Å²) in [6, 6.07) is 1.78. The topological polar surface area (TPSA) is 79.6 Å². The molecule has 90 valence electrons. The van der Waals surface area contributed by atoms with Gasteiger partial charge in [0.1, 0.15) is 0 Å². The Morgan fingerprint density at radius 2 is 1.69 bits per heavy atom. The average molecular weight is 228 g/mol. The fraction of sp³-hybridized carbons (Fsp3) is 0.700. The molecule has 6 nitrogen and oxygen atoms in total. The maximum Gasteiger partial charge on any atom is 0.319 e. The Balaban J connectivity index is 4.44. The molecule has 0 aliphatic rings. The monoisotopic (exact) mass is 228 g/mol. The molecular weight excluding hydrogens is 212 g/mol. The Bertz CT molecular complexity index is 267. The Kier molecular flexibility index (Phi) is 6.88. The molecule has 0 heterocycles. The SMILES string of the molecule is COC(=O)CN(CC(=O)OC)C(C)CC#N. The van der Waals surface area contributed by atoms with Crippen LogP contribution in [0.5, 0.6) is 0 Å². The molecule has 0 aliphatic carbocycles. The van der Waals surface area contributed by atoms with Crippen LogP contribution in [0.15, 0.2) is 0 Å².